The number of hydrogen-bond acceptors (Lipinski definition) is 4. The van der Waals surface area contributed by atoms with Crippen LogP contribution in [0.15, 0.2) is 59.7 Å². The van der Waals surface area contributed by atoms with E-state index < -0.39 is 15.1 Å². The van der Waals surface area contributed by atoms with Crippen molar-refractivity contribution in [2.45, 2.75) is 23.1 Å². The molecule has 2 aromatic rings. The van der Waals surface area contributed by atoms with Crippen molar-refractivity contribution in [3.05, 3.63) is 60.3 Å². The number of nitrogens with one attached hydrogen (secondary N) is 1. The molecule has 0 aliphatic heterocycles. The Labute approximate surface area is 130 Å². The first-order valence-electron chi connectivity index (χ1n) is 7.22. The SMILES string of the molecule is CNCc1cccc2cc(S(=O)(=O)C3C=CC=CC3)cnc12. The normalized spacial score (nSPS) is 18.0. The van der Waals surface area contributed by atoms with Gasteiger partial charge in [0.2, 0.25) is 0 Å². The van der Waals surface area contributed by atoms with E-state index in [2.05, 4.69) is 10.3 Å². The minimum absolute atomic E-state index is 0.284. The Hall–Kier alpha value is -1.98. The molecule has 1 aliphatic carbocycles. The van der Waals surface area contributed by atoms with E-state index in [9.17, 15) is 8.42 Å². The van der Waals surface area contributed by atoms with Gasteiger partial charge in [0.25, 0.3) is 0 Å². The smallest absolute Gasteiger partial charge is 0.186 e. The fourth-order valence-corrected chi connectivity index (χ4v) is 4.16. The molecule has 1 atom stereocenters. The monoisotopic (exact) mass is 314 g/mol. The zero-order valence-electron chi connectivity index (χ0n) is 12.4. The van der Waals surface area contributed by atoms with Crippen LogP contribution in [0, 0.1) is 0 Å². The van der Waals surface area contributed by atoms with Gasteiger partial charge in [-0.25, -0.2) is 8.42 Å². The number of aromatic nitrogens is 1. The average molecular weight is 314 g/mol. The third kappa shape index (κ3) is 2.69. The molecule has 1 aliphatic rings. The second-order valence-electron chi connectivity index (χ2n) is 5.32. The molecule has 0 saturated heterocycles. The molecule has 22 heavy (non-hydrogen) atoms. The summed E-state index contributed by atoms with van der Waals surface area (Å²) < 4.78 is 25.4. The van der Waals surface area contributed by atoms with Crippen molar-refractivity contribution in [2.24, 2.45) is 0 Å². The van der Waals surface area contributed by atoms with Gasteiger partial charge >= 0.3 is 0 Å². The van der Waals surface area contributed by atoms with Gasteiger partial charge < -0.3 is 5.32 Å². The lowest BCUT2D eigenvalue weighted by molar-refractivity contribution is 0.588. The van der Waals surface area contributed by atoms with Crippen LogP contribution in [0.25, 0.3) is 10.9 Å². The highest BCUT2D eigenvalue weighted by atomic mass is 32.2. The van der Waals surface area contributed by atoms with Gasteiger partial charge in [-0.15, -0.1) is 0 Å². The standard InChI is InChI=1S/C17H18N2O2S/c1-18-11-14-7-5-6-13-10-16(12-19-17(13)14)22(20,21)15-8-3-2-4-9-15/h2-8,10,12,15,18H,9,11H2,1H3. The number of para-hydroxylation sites is 1. The van der Waals surface area contributed by atoms with Crippen LogP contribution in [0.3, 0.4) is 0 Å². The van der Waals surface area contributed by atoms with E-state index in [0.29, 0.717) is 13.0 Å². The highest BCUT2D eigenvalue weighted by Gasteiger charge is 2.25. The predicted octanol–water partition coefficient (Wildman–Crippen LogP) is 2.61. The van der Waals surface area contributed by atoms with Crippen LogP contribution in [-0.2, 0) is 16.4 Å². The third-order valence-corrected chi connectivity index (χ3v) is 5.83. The Balaban J connectivity index is 2.05. The van der Waals surface area contributed by atoms with Crippen molar-refractivity contribution in [3.63, 3.8) is 0 Å². The molecule has 1 heterocycles. The lowest BCUT2D eigenvalue weighted by Crippen LogP contribution is -2.20. The van der Waals surface area contributed by atoms with E-state index in [1.54, 1.807) is 18.2 Å². The lowest BCUT2D eigenvalue weighted by atomic mass is 10.1. The minimum atomic E-state index is -3.39. The van der Waals surface area contributed by atoms with Crippen LogP contribution in [0.1, 0.15) is 12.0 Å². The molecule has 0 saturated carbocycles. The molecular formula is C17H18N2O2S. The van der Waals surface area contributed by atoms with Crippen LogP contribution in [0.4, 0.5) is 0 Å². The highest BCUT2D eigenvalue weighted by molar-refractivity contribution is 7.92. The molecule has 0 amide bonds. The van der Waals surface area contributed by atoms with Gasteiger partial charge in [0.1, 0.15) is 0 Å². The van der Waals surface area contributed by atoms with Gasteiger partial charge in [0, 0.05) is 18.1 Å². The van der Waals surface area contributed by atoms with E-state index in [1.165, 1.54) is 6.20 Å². The number of pyridine rings is 1. The summed E-state index contributed by atoms with van der Waals surface area (Å²) in [6.07, 6.45) is 9.25. The second kappa shape index (κ2) is 6.02. The number of nitrogens with zero attached hydrogens (tertiary/aromatic N) is 1. The van der Waals surface area contributed by atoms with E-state index in [0.717, 1.165) is 16.5 Å². The van der Waals surface area contributed by atoms with Crippen LogP contribution in [0.5, 0.6) is 0 Å². The Morgan fingerprint density at radius 3 is 2.91 bits per heavy atom. The number of benzene rings is 1. The molecule has 1 aromatic carbocycles. The molecule has 5 heteroatoms. The van der Waals surface area contributed by atoms with E-state index in [1.807, 2.05) is 37.4 Å². The Morgan fingerprint density at radius 2 is 2.18 bits per heavy atom. The zero-order chi connectivity index (χ0) is 15.6. The van der Waals surface area contributed by atoms with Crippen molar-refractivity contribution in [3.8, 4) is 0 Å². The molecule has 0 fully saturated rings. The first-order valence-corrected chi connectivity index (χ1v) is 8.77. The molecule has 1 N–H and O–H groups in total. The Kier molecular flexibility index (Phi) is 4.09. The Morgan fingerprint density at radius 1 is 1.32 bits per heavy atom. The maximum absolute atomic E-state index is 12.7. The average Bonchev–Trinajstić information content (AvgIpc) is 2.56. The summed E-state index contributed by atoms with van der Waals surface area (Å²) >= 11 is 0. The van der Waals surface area contributed by atoms with Gasteiger partial charge in [-0.05, 0) is 25.1 Å². The second-order valence-corrected chi connectivity index (χ2v) is 7.49. The summed E-state index contributed by atoms with van der Waals surface area (Å²) in [4.78, 5) is 4.68. The lowest BCUT2D eigenvalue weighted by Gasteiger charge is -2.15. The van der Waals surface area contributed by atoms with Crippen LogP contribution < -0.4 is 5.32 Å². The maximum Gasteiger partial charge on any atom is 0.186 e. The summed E-state index contributed by atoms with van der Waals surface area (Å²) in [6.45, 7) is 0.701. The summed E-state index contributed by atoms with van der Waals surface area (Å²) in [5.74, 6) is 0. The summed E-state index contributed by atoms with van der Waals surface area (Å²) in [6, 6.07) is 7.55. The van der Waals surface area contributed by atoms with Gasteiger partial charge in [-0.1, -0.05) is 42.5 Å². The first kappa shape index (κ1) is 14.9. The number of hydrogen-bond donors (Lipinski definition) is 1. The van der Waals surface area contributed by atoms with Crippen LogP contribution in [0.2, 0.25) is 0 Å². The van der Waals surface area contributed by atoms with Crippen molar-refractivity contribution in [2.75, 3.05) is 7.05 Å². The van der Waals surface area contributed by atoms with Crippen molar-refractivity contribution in [1.82, 2.24) is 10.3 Å². The van der Waals surface area contributed by atoms with Crippen molar-refractivity contribution >= 4 is 20.7 Å². The summed E-state index contributed by atoms with van der Waals surface area (Å²) in [7, 11) is -1.52. The predicted molar refractivity (Wildman–Crippen MR) is 88.4 cm³/mol. The van der Waals surface area contributed by atoms with Gasteiger partial charge in [0.05, 0.1) is 15.7 Å². The Bertz CT molecular complexity index is 854. The third-order valence-electron chi connectivity index (χ3n) is 3.81. The fraction of sp³-hybridized carbons (Fsp3) is 0.235. The maximum atomic E-state index is 12.7. The van der Waals surface area contributed by atoms with Gasteiger partial charge in [0.15, 0.2) is 9.84 Å². The molecular weight excluding hydrogens is 296 g/mol. The number of fused-ring (bicyclic) bond motifs is 1. The van der Waals surface area contributed by atoms with Crippen LogP contribution in [-0.4, -0.2) is 25.7 Å². The van der Waals surface area contributed by atoms with E-state index >= 15 is 0 Å². The number of allylic oxidation sites excluding steroid dienone is 3. The molecule has 1 aromatic heterocycles. The number of rotatable bonds is 4. The van der Waals surface area contributed by atoms with Crippen molar-refractivity contribution in [1.29, 1.82) is 0 Å². The topological polar surface area (TPSA) is 59.1 Å². The first-order chi connectivity index (χ1) is 10.6. The quantitative estimate of drug-likeness (QED) is 0.942. The molecule has 0 bridgehead atoms. The molecule has 1 unspecified atom stereocenters. The van der Waals surface area contributed by atoms with Gasteiger partial charge in [-0.3, -0.25) is 4.98 Å². The van der Waals surface area contributed by atoms with Gasteiger partial charge in [-0.2, -0.15) is 0 Å². The van der Waals surface area contributed by atoms with E-state index in [-0.39, 0.29) is 4.90 Å². The molecule has 4 nitrogen and oxygen atoms in total. The summed E-state index contributed by atoms with van der Waals surface area (Å²) in [5, 5.41) is 3.45. The van der Waals surface area contributed by atoms with E-state index in [4.69, 9.17) is 0 Å². The zero-order valence-corrected chi connectivity index (χ0v) is 13.2. The molecule has 0 spiro atoms. The van der Waals surface area contributed by atoms with Crippen LogP contribution >= 0.6 is 0 Å². The molecule has 0 radical (unpaired) electrons. The van der Waals surface area contributed by atoms with Crippen molar-refractivity contribution < 1.29 is 8.42 Å². The largest absolute Gasteiger partial charge is 0.316 e. The number of sulfone groups is 1. The highest BCUT2D eigenvalue weighted by Crippen LogP contribution is 2.25. The molecule has 3 rings (SSSR count). The fourth-order valence-electron chi connectivity index (χ4n) is 2.66. The molecule has 114 valence electrons. The minimum Gasteiger partial charge on any atom is -0.316 e. The summed E-state index contributed by atoms with van der Waals surface area (Å²) in [5.41, 5.74) is 1.90.